The highest BCUT2D eigenvalue weighted by atomic mass is 35.5. The molecule has 7 heteroatoms. The molecule has 2 aromatic rings. The van der Waals surface area contributed by atoms with Gasteiger partial charge in [0.25, 0.3) is 0 Å². The Hall–Kier alpha value is -2.34. The highest BCUT2D eigenvalue weighted by Gasteiger charge is 2.00. The summed E-state index contributed by atoms with van der Waals surface area (Å²) in [7, 11) is 0. The summed E-state index contributed by atoms with van der Waals surface area (Å²) in [6.45, 7) is 0.726. The van der Waals surface area contributed by atoms with E-state index in [1.165, 1.54) is 11.8 Å². The summed E-state index contributed by atoms with van der Waals surface area (Å²) in [6.07, 6.45) is 5.10. The summed E-state index contributed by atoms with van der Waals surface area (Å²) in [5.74, 6) is 0.622. The van der Waals surface area contributed by atoms with Gasteiger partial charge in [-0.05, 0) is 5.56 Å². The molecule has 0 amide bonds. The van der Waals surface area contributed by atoms with Crippen molar-refractivity contribution < 1.29 is 0 Å². The van der Waals surface area contributed by atoms with E-state index in [4.69, 9.17) is 11.5 Å². The molecule has 1 heterocycles. The molecular weight excluding hydrogens is 264 g/mol. The van der Waals surface area contributed by atoms with Crippen LogP contribution in [0.4, 0.5) is 0 Å². The number of nitrogens with zero attached hydrogens (tertiary/aromatic N) is 4. The van der Waals surface area contributed by atoms with Gasteiger partial charge in [0, 0.05) is 18.9 Å². The Labute approximate surface area is 117 Å². The van der Waals surface area contributed by atoms with E-state index in [9.17, 15) is 0 Å². The van der Waals surface area contributed by atoms with Crippen LogP contribution in [0.3, 0.4) is 0 Å². The smallest absolute Gasteiger partial charge is 0.211 e. The van der Waals surface area contributed by atoms with Crippen molar-refractivity contribution >= 4 is 24.6 Å². The molecule has 100 valence electrons. The Morgan fingerprint density at radius 2 is 2.00 bits per heavy atom. The predicted molar refractivity (Wildman–Crippen MR) is 78.4 cm³/mol. The van der Waals surface area contributed by atoms with E-state index in [0.29, 0.717) is 5.82 Å². The van der Waals surface area contributed by atoms with Crippen molar-refractivity contribution in [3.8, 4) is 0 Å². The molecule has 0 fully saturated rings. The average molecular weight is 279 g/mol. The van der Waals surface area contributed by atoms with Gasteiger partial charge in [-0.3, -0.25) is 0 Å². The van der Waals surface area contributed by atoms with Crippen LogP contribution in [0.1, 0.15) is 11.4 Å². The molecule has 0 spiro atoms. The van der Waals surface area contributed by atoms with Crippen LogP contribution in [0, 0.1) is 0 Å². The molecule has 0 bridgehead atoms. The van der Waals surface area contributed by atoms with Gasteiger partial charge >= 0.3 is 0 Å². The Morgan fingerprint density at radius 1 is 1.26 bits per heavy atom. The van der Waals surface area contributed by atoms with E-state index >= 15 is 0 Å². The van der Waals surface area contributed by atoms with Crippen molar-refractivity contribution in [1.29, 1.82) is 0 Å². The highest BCUT2D eigenvalue weighted by molar-refractivity contribution is 5.85. The van der Waals surface area contributed by atoms with Crippen molar-refractivity contribution in [1.82, 2.24) is 9.55 Å². The Morgan fingerprint density at radius 3 is 2.68 bits per heavy atom. The van der Waals surface area contributed by atoms with Gasteiger partial charge in [-0.15, -0.1) is 17.5 Å². The van der Waals surface area contributed by atoms with Gasteiger partial charge in [-0.1, -0.05) is 30.3 Å². The first-order chi connectivity index (χ1) is 8.75. The first-order valence-electron chi connectivity index (χ1n) is 5.43. The van der Waals surface area contributed by atoms with Gasteiger partial charge in [-0.25, -0.2) is 4.98 Å². The second kappa shape index (κ2) is 7.17. The van der Waals surface area contributed by atoms with Gasteiger partial charge in [0.2, 0.25) is 5.96 Å². The molecule has 6 nitrogen and oxygen atoms in total. The summed E-state index contributed by atoms with van der Waals surface area (Å²) in [5, 5.41) is 7.28. The number of benzene rings is 1. The quantitative estimate of drug-likeness (QED) is 0.495. The van der Waals surface area contributed by atoms with Crippen LogP contribution in [0.5, 0.6) is 0 Å². The number of guanidine groups is 1. The van der Waals surface area contributed by atoms with Crippen LogP contribution >= 0.6 is 12.4 Å². The topological polar surface area (TPSA) is 94.6 Å². The zero-order chi connectivity index (χ0) is 12.8. The van der Waals surface area contributed by atoms with Crippen LogP contribution in [0.2, 0.25) is 0 Å². The number of halogens is 1. The van der Waals surface area contributed by atoms with E-state index in [-0.39, 0.29) is 18.4 Å². The lowest BCUT2D eigenvalue weighted by molar-refractivity contribution is 0.789. The van der Waals surface area contributed by atoms with Crippen LogP contribution in [0.15, 0.2) is 52.9 Å². The van der Waals surface area contributed by atoms with Crippen LogP contribution in [0.25, 0.3) is 0 Å². The van der Waals surface area contributed by atoms with Crippen molar-refractivity contribution in [2.75, 3.05) is 0 Å². The van der Waals surface area contributed by atoms with Gasteiger partial charge in [0.05, 0.1) is 6.21 Å². The molecule has 0 unspecified atom stereocenters. The normalized spacial score (nSPS) is 10.1. The summed E-state index contributed by atoms with van der Waals surface area (Å²) >= 11 is 0. The molecule has 0 radical (unpaired) electrons. The van der Waals surface area contributed by atoms with Crippen molar-refractivity contribution in [3.05, 3.63) is 54.1 Å². The maximum Gasteiger partial charge on any atom is 0.211 e. The molecule has 1 aromatic carbocycles. The van der Waals surface area contributed by atoms with E-state index in [0.717, 1.165) is 6.54 Å². The van der Waals surface area contributed by atoms with Gasteiger partial charge < -0.3 is 16.0 Å². The second-order valence-electron chi connectivity index (χ2n) is 3.67. The average Bonchev–Trinajstić information content (AvgIpc) is 2.78. The van der Waals surface area contributed by atoms with E-state index in [1.807, 2.05) is 29.0 Å². The van der Waals surface area contributed by atoms with Crippen LogP contribution in [-0.4, -0.2) is 21.7 Å². The zero-order valence-electron chi connectivity index (χ0n) is 10.2. The molecule has 1 aromatic heterocycles. The number of imidazole rings is 1. The van der Waals surface area contributed by atoms with Gasteiger partial charge in [0.15, 0.2) is 5.82 Å². The fraction of sp³-hybridized carbons (Fsp3) is 0.0833. The minimum Gasteiger partial charge on any atom is -0.369 e. The summed E-state index contributed by atoms with van der Waals surface area (Å²) in [4.78, 5) is 4.17. The largest absolute Gasteiger partial charge is 0.369 e. The third kappa shape index (κ3) is 4.44. The maximum atomic E-state index is 5.18. The molecule has 4 N–H and O–H groups in total. The minimum absolute atomic E-state index is 0. The SMILES string of the molecule is Cl.NC(N)=NN=Cc1nccn1Cc1ccccc1. The Balaban J connectivity index is 0.00000180. The lowest BCUT2D eigenvalue weighted by Gasteiger charge is -2.04. The number of hydrogen-bond donors (Lipinski definition) is 2. The molecule has 0 atom stereocenters. The van der Waals surface area contributed by atoms with Crippen molar-refractivity contribution in [2.24, 2.45) is 21.7 Å². The standard InChI is InChI=1S/C12H14N6.ClH/c13-12(14)17-16-8-11-15-6-7-18(11)9-10-4-2-1-3-5-10;/h1-8H,9H2,(H4,13,14,17);1H. The molecular formula is C12H15ClN6. The summed E-state index contributed by atoms with van der Waals surface area (Å²) in [5.41, 5.74) is 11.5. The minimum atomic E-state index is -0.0765. The molecule has 19 heavy (non-hydrogen) atoms. The number of hydrogen-bond acceptors (Lipinski definition) is 3. The number of aromatic nitrogens is 2. The monoisotopic (exact) mass is 278 g/mol. The summed E-state index contributed by atoms with van der Waals surface area (Å²) < 4.78 is 1.96. The van der Waals surface area contributed by atoms with E-state index < -0.39 is 0 Å². The molecule has 0 saturated heterocycles. The summed E-state index contributed by atoms with van der Waals surface area (Å²) in [6, 6.07) is 10.1. The van der Waals surface area contributed by atoms with E-state index in [1.54, 1.807) is 6.20 Å². The molecule has 0 aliphatic rings. The lowest BCUT2D eigenvalue weighted by atomic mass is 10.2. The van der Waals surface area contributed by atoms with Crippen molar-refractivity contribution in [2.45, 2.75) is 6.54 Å². The molecule has 2 rings (SSSR count). The molecule has 0 aliphatic carbocycles. The zero-order valence-corrected chi connectivity index (χ0v) is 11.0. The lowest BCUT2D eigenvalue weighted by Crippen LogP contribution is -2.21. The Bertz CT molecular complexity index is 557. The highest BCUT2D eigenvalue weighted by Crippen LogP contribution is 2.04. The third-order valence-electron chi connectivity index (χ3n) is 2.29. The fourth-order valence-corrected chi connectivity index (χ4v) is 1.51. The number of nitrogens with two attached hydrogens (primary N) is 2. The first kappa shape index (κ1) is 14.7. The van der Waals surface area contributed by atoms with Gasteiger partial charge in [0.1, 0.15) is 0 Å². The van der Waals surface area contributed by atoms with Crippen LogP contribution < -0.4 is 11.5 Å². The third-order valence-corrected chi connectivity index (χ3v) is 2.29. The molecule has 0 saturated carbocycles. The maximum absolute atomic E-state index is 5.18. The van der Waals surface area contributed by atoms with E-state index in [2.05, 4.69) is 27.3 Å². The second-order valence-corrected chi connectivity index (χ2v) is 3.67. The van der Waals surface area contributed by atoms with Gasteiger partial charge in [-0.2, -0.15) is 5.10 Å². The number of rotatable bonds is 4. The van der Waals surface area contributed by atoms with Crippen LogP contribution in [-0.2, 0) is 6.54 Å². The Kier molecular flexibility index (Phi) is 5.56. The predicted octanol–water partition coefficient (Wildman–Crippen LogP) is 0.960. The van der Waals surface area contributed by atoms with Crippen molar-refractivity contribution in [3.63, 3.8) is 0 Å². The fourth-order valence-electron chi connectivity index (χ4n) is 1.51. The first-order valence-corrected chi connectivity index (χ1v) is 5.43. The molecule has 0 aliphatic heterocycles.